The third-order valence-corrected chi connectivity index (χ3v) is 4.09. The number of carbonyl (C=O) groups excluding carboxylic acids is 1. The summed E-state index contributed by atoms with van der Waals surface area (Å²) in [5.74, 6) is 1.03. The Morgan fingerprint density at radius 3 is 2.50 bits per heavy atom. The lowest BCUT2D eigenvalue weighted by Crippen LogP contribution is -2.48. The van der Waals surface area contributed by atoms with E-state index >= 15 is 0 Å². The summed E-state index contributed by atoms with van der Waals surface area (Å²) in [6.45, 7) is 11.1. The van der Waals surface area contributed by atoms with Gasteiger partial charge in [-0.3, -0.25) is 9.79 Å². The first-order chi connectivity index (χ1) is 10.7. The minimum absolute atomic E-state index is 0. The molecule has 0 saturated heterocycles. The van der Waals surface area contributed by atoms with Crippen LogP contribution < -0.4 is 16.0 Å². The van der Waals surface area contributed by atoms with E-state index in [2.05, 4.69) is 45.2 Å². The average molecular weight is 467 g/mol. The standard InChI is InChI=1S/C16H29N5OS.HI/c1-11(2)14-20-12(10-23-14)7-8-18-15(17-6)19-9-13(22)21-16(3,4)5;/h10-11H,7-9H2,1-6H3,(H,21,22)(H2,17,18,19);1H. The summed E-state index contributed by atoms with van der Waals surface area (Å²) in [5, 5.41) is 12.4. The molecule has 0 bridgehead atoms. The first-order valence-electron chi connectivity index (χ1n) is 7.91. The van der Waals surface area contributed by atoms with Crippen LogP contribution in [0.1, 0.15) is 51.2 Å². The molecule has 0 fully saturated rings. The van der Waals surface area contributed by atoms with Crippen molar-refractivity contribution in [3.05, 3.63) is 16.1 Å². The molecule has 1 rings (SSSR count). The van der Waals surface area contributed by atoms with Gasteiger partial charge in [0.05, 0.1) is 17.2 Å². The number of guanidine groups is 1. The Morgan fingerprint density at radius 2 is 2.00 bits per heavy atom. The number of rotatable bonds is 6. The minimum atomic E-state index is -0.228. The lowest BCUT2D eigenvalue weighted by atomic mass is 10.1. The summed E-state index contributed by atoms with van der Waals surface area (Å²) in [6, 6.07) is 0. The monoisotopic (exact) mass is 467 g/mol. The van der Waals surface area contributed by atoms with Crippen molar-refractivity contribution >= 4 is 47.2 Å². The molecule has 1 heterocycles. The molecule has 0 aromatic carbocycles. The lowest BCUT2D eigenvalue weighted by Gasteiger charge is -2.21. The highest BCUT2D eigenvalue weighted by molar-refractivity contribution is 14.0. The number of aromatic nitrogens is 1. The van der Waals surface area contributed by atoms with Crippen LogP contribution in [0.2, 0.25) is 0 Å². The largest absolute Gasteiger partial charge is 0.356 e. The van der Waals surface area contributed by atoms with E-state index in [0.29, 0.717) is 11.9 Å². The van der Waals surface area contributed by atoms with Crippen molar-refractivity contribution in [1.29, 1.82) is 0 Å². The summed E-state index contributed by atoms with van der Waals surface area (Å²) in [4.78, 5) is 20.5. The quantitative estimate of drug-likeness (QED) is 0.341. The van der Waals surface area contributed by atoms with Crippen LogP contribution in [0.25, 0.3) is 0 Å². The summed E-state index contributed by atoms with van der Waals surface area (Å²) in [7, 11) is 1.69. The van der Waals surface area contributed by atoms with Gasteiger partial charge in [-0.15, -0.1) is 35.3 Å². The summed E-state index contributed by atoms with van der Waals surface area (Å²) < 4.78 is 0. The van der Waals surface area contributed by atoms with Crippen LogP contribution in [0.3, 0.4) is 0 Å². The van der Waals surface area contributed by atoms with Gasteiger partial charge in [0.15, 0.2) is 5.96 Å². The Hall–Kier alpha value is -0.900. The molecule has 0 atom stereocenters. The van der Waals surface area contributed by atoms with Gasteiger partial charge in [-0.2, -0.15) is 0 Å². The van der Waals surface area contributed by atoms with Gasteiger partial charge in [0, 0.05) is 36.9 Å². The van der Waals surface area contributed by atoms with Gasteiger partial charge in [-0.05, 0) is 20.8 Å². The maximum absolute atomic E-state index is 11.8. The molecule has 1 aromatic rings. The predicted molar refractivity (Wildman–Crippen MR) is 113 cm³/mol. The SMILES string of the molecule is CN=C(NCCc1csc(C(C)C)n1)NCC(=O)NC(C)(C)C.I. The van der Waals surface area contributed by atoms with Crippen LogP contribution in [0.5, 0.6) is 0 Å². The number of nitrogens with zero attached hydrogens (tertiary/aromatic N) is 2. The maximum atomic E-state index is 11.8. The van der Waals surface area contributed by atoms with Gasteiger partial charge in [-0.25, -0.2) is 4.98 Å². The zero-order valence-electron chi connectivity index (χ0n) is 15.4. The van der Waals surface area contributed by atoms with Crippen LogP contribution in [0.4, 0.5) is 0 Å². The molecule has 0 aliphatic carbocycles. The van der Waals surface area contributed by atoms with Gasteiger partial charge in [-0.1, -0.05) is 13.8 Å². The smallest absolute Gasteiger partial charge is 0.239 e. The molecular formula is C16H30IN5OS. The second-order valence-electron chi connectivity index (χ2n) is 6.73. The van der Waals surface area contributed by atoms with Gasteiger partial charge < -0.3 is 16.0 Å². The molecule has 8 heteroatoms. The van der Waals surface area contributed by atoms with Crippen molar-refractivity contribution in [2.75, 3.05) is 20.1 Å². The van der Waals surface area contributed by atoms with E-state index in [1.54, 1.807) is 18.4 Å². The molecule has 138 valence electrons. The second-order valence-corrected chi connectivity index (χ2v) is 7.62. The number of hydrogen-bond acceptors (Lipinski definition) is 4. The molecule has 0 radical (unpaired) electrons. The van der Waals surface area contributed by atoms with Crippen molar-refractivity contribution in [3.8, 4) is 0 Å². The molecule has 0 aliphatic rings. The van der Waals surface area contributed by atoms with Crippen molar-refractivity contribution in [1.82, 2.24) is 20.9 Å². The predicted octanol–water partition coefficient (Wildman–Crippen LogP) is 2.51. The molecule has 0 unspecified atom stereocenters. The molecule has 1 aromatic heterocycles. The third kappa shape index (κ3) is 9.41. The first-order valence-corrected chi connectivity index (χ1v) is 8.79. The number of nitrogens with one attached hydrogen (secondary N) is 3. The second kappa shape index (κ2) is 10.9. The number of thiazole rings is 1. The number of amides is 1. The Bertz CT molecular complexity index is 537. The normalized spacial score (nSPS) is 11.9. The van der Waals surface area contributed by atoms with Crippen LogP contribution in [0, 0.1) is 0 Å². The van der Waals surface area contributed by atoms with Crippen LogP contribution >= 0.6 is 35.3 Å². The average Bonchev–Trinajstić information content (AvgIpc) is 2.89. The lowest BCUT2D eigenvalue weighted by molar-refractivity contribution is -0.121. The van der Waals surface area contributed by atoms with Crippen molar-refractivity contribution < 1.29 is 4.79 Å². The van der Waals surface area contributed by atoms with E-state index in [4.69, 9.17) is 0 Å². The summed E-state index contributed by atoms with van der Waals surface area (Å²) >= 11 is 1.70. The first kappa shape index (κ1) is 23.1. The number of carbonyl (C=O) groups is 1. The molecule has 0 spiro atoms. The Morgan fingerprint density at radius 1 is 1.33 bits per heavy atom. The van der Waals surface area contributed by atoms with Crippen LogP contribution in [0.15, 0.2) is 10.4 Å². The highest BCUT2D eigenvalue weighted by atomic mass is 127. The van der Waals surface area contributed by atoms with E-state index in [9.17, 15) is 4.79 Å². The topological polar surface area (TPSA) is 78.4 Å². The van der Waals surface area contributed by atoms with E-state index < -0.39 is 0 Å². The molecule has 3 N–H and O–H groups in total. The van der Waals surface area contributed by atoms with Crippen molar-refractivity contribution in [2.24, 2.45) is 4.99 Å². The van der Waals surface area contributed by atoms with Gasteiger partial charge in [0.2, 0.25) is 5.91 Å². The molecule has 1 amide bonds. The number of halogens is 1. The fourth-order valence-electron chi connectivity index (χ4n) is 1.86. The highest BCUT2D eigenvalue weighted by Gasteiger charge is 2.13. The highest BCUT2D eigenvalue weighted by Crippen LogP contribution is 2.19. The van der Waals surface area contributed by atoms with Crippen molar-refractivity contribution in [2.45, 2.75) is 52.5 Å². The van der Waals surface area contributed by atoms with Crippen molar-refractivity contribution in [3.63, 3.8) is 0 Å². The number of aliphatic imine (C=N–C) groups is 1. The molecule has 6 nitrogen and oxygen atoms in total. The molecule has 0 aliphatic heterocycles. The molecule has 24 heavy (non-hydrogen) atoms. The fraction of sp³-hybridized carbons (Fsp3) is 0.688. The fourth-order valence-corrected chi connectivity index (χ4v) is 2.73. The zero-order chi connectivity index (χ0) is 17.5. The van der Waals surface area contributed by atoms with E-state index in [1.807, 2.05) is 20.8 Å². The van der Waals surface area contributed by atoms with Gasteiger partial charge >= 0.3 is 0 Å². The van der Waals surface area contributed by atoms with E-state index in [0.717, 1.165) is 18.7 Å². The molecular weight excluding hydrogens is 437 g/mol. The molecule has 0 saturated carbocycles. The van der Waals surface area contributed by atoms with E-state index in [1.165, 1.54) is 5.01 Å². The van der Waals surface area contributed by atoms with Crippen LogP contribution in [-0.4, -0.2) is 42.5 Å². The summed E-state index contributed by atoms with van der Waals surface area (Å²) in [5.41, 5.74) is 0.862. The van der Waals surface area contributed by atoms with Gasteiger partial charge in [0.25, 0.3) is 0 Å². The van der Waals surface area contributed by atoms with Crippen LogP contribution in [-0.2, 0) is 11.2 Å². The Balaban J connectivity index is 0.00000529. The Labute approximate surface area is 166 Å². The zero-order valence-corrected chi connectivity index (χ0v) is 18.5. The third-order valence-electron chi connectivity index (χ3n) is 2.89. The minimum Gasteiger partial charge on any atom is -0.356 e. The maximum Gasteiger partial charge on any atom is 0.239 e. The summed E-state index contributed by atoms with van der Waals surface area (Å²) in [6.07, 6.45) is 0.831. The van der Waals surface area contributed by atoms with Gasteiger partial charge in [0.1, 0.15) is 0 Å². The van der Waals surface area contributed by atoms with E-state index in [-0.39, 0.29) is 42.0 Å². The Kier molecular flexibility index (Phi) is 10.5. The number of hydrogen-bond donors (Lipinski definition) is 3.